The third-order valence-corrected chi connectivity index (χ3v) is 3.77. The number of ether oxygens (including phenoxy) is 1. The van der Waals surface area contributed by atoms with Crippen molar-refractivity contribution >= 4 is 12.0 Å². The molecule has 2 aliphatic rings. The zero-order chi connectivity index (χ0) is 13.1. The first-order valence-corrected chi connectivity index (χ1v) is 6.44. The normalized spacial score (nSPS) is 23.2. The van der Waals surface area contributed by atoms with Gasteiger partial charge in [-0.1, -0.05) is 6.92 Å². The van der Waals surface area contributed by atoms with E-state index in [0.29, 0.717) is 32.8 Å². The van der Waals surface area contributed by atoms with Crippen LogP contribution in [-0.4, -0.2) is 66.3 Å². The summed E-state index contributed by atoms with van der Waals surface area (Å²) in [5.41, 5.74) is 0. The van der Waals surface area contributed by atoms with E-state index < -0.39 is 5.97 Å². The number of amides is 2. The van der Waals surface area contributed by atoms with Crippen molar-refractivity contribution < 1.29 is 19.4 Å². The molecule has 0 bridgehead atoms. The first-order valence-electron chi connectivity index (χ1n) is 6.44. The van der Waals surface area contributed by atoms with Crippen LogP contribution in [0.15, 0.2) is 0 Å². The highest BCUT2D eigenvalue weighted by molar-refractivity contribution is 5.76. The minimum atomic E-state index is -0.782. The number of carboxylic acid groups (broad SMARTS) is 1. The first-order chi connectivity index (χ1) is 8.59. The van der Waals surface area contributed by atoms with Gasteiger partial charge in [-0.2, -0.15) is 0 Å². The zero-order valence-corrected chi connectivity index (χ0v) is 10.7. The quantitative estimate of drug-likeness (QED) is 0.780. The van der Waals surface area contributed by atoms with E-state index in [1.54, 1.807) is 16.7 Å². The molecule has 0 aromatic rings. The van der Waals surface area contributed by atoms with E-state index in [1.165, 1.54) is 0 Å². The lowest BCUT2D eigenvalue weighted by Crippen LogP contribution is -2.57. The fraction of sp³-hybridized carbons (Fsp3) is 0.833. The molecule has 2 aliphatic heterocycles. The van der Waals surface area contributed by atoms with Crippen molar-refractivity contribution in [2.75, 3.05) is 39.4 Å². The number of hydrogen-bond donors (Lipinski definition) is 1. The average molecular weight is 256 g/mol. The van der Waals surface area contributed by atoms with E-state index >= 15 is 0 Å². The molecule has 2 amide bonds. The minimum Gasteiger partial charge on any atom is -0.481 e. The Morgan fingerprint density at radius 2 is 1.94 bits per heavy atom. The lowest BCUT2D eigenvalue weighted by Gasteiger charge is -2.43. The molecule has 2 fully saturated rings. The maximum atomic E-state index is 12.1. The van der Waals surface area contributed by atoms with E-state index in [1.807, 2.05) is 0 Å². The van der Waals surface area contributed by atoms with E-state index in [-0.39, 0.29) is 17.9 Å². The second kappa shape index (κ2) is 5.56. The van der Waals surface area contributed by atoms with E-state index in [9.17, 15) is 9.59 Å². The highest BCUT2D eigenvalue weighted by atomic mass is 16.5. The molecule has 102 valence electrons. The van der Waals surface area contributed by atoms with Crippen LogP contribution in [0.4, 0.5) is 4.79 Å². The molecule has 0 radical (unpaired) electrons. The number of carbonyl (C=O) groups excluding carboxylic acids is 1. The van der Waals surface area contributed by atoms with Crippen molar-refractivity contribution in [3.63, 3.8) is 0 Å². The molecule has 1 N–H and O–H groups in total. The van der Waals surface area contributed by atoms with Crippen LogP contribution >= 0.6 is 0 Å². The van der Waals surface area contributed by atoms with Crippen LogP contribution in [0.3, 0.4) is 0 Å². The fourth-order valence-electron chi connectivity index (χ4n) is 2.32. The van der Waals surface area contributed by atoms with Crippen molar-refractivity contribution in [3.05, 3.63) is 0 Å². The SMILES string of the molecule is CC(C(=O)O)C1CN(C(=O)N2CCCOCC2)C1. The molecule has 2 rings (SSSR count). The van der Waals surface area contributed by atoms with Crippen LogP contribution < -0.4 is 0 Å². The number of likely N-dealkylation sites (tertiary alicyclic amines) is 1. The Morgan fingerprint density at radius 1 is 1.22 bits per heavy atom. The van der Waals surface area contributed by atoms with Gasteiger partial charge in [0.25, 0.3) is 0 Å². The number of carboxylic acids is 1. The number of urea groups is 1. The lowest BCUT2D eigenvalue weighted by molar-refractivity contribution is -0.144. The second-order valence-corrected chi connectivity index (χ2v) is 5.03. The van der Waals surface area contributed by atoms with E-state index in [0.717, 1.165) is 13.0 Å². The predicted molar refractivity (Wildman–Crippen MR) is 64.3 cm³/mol. The summed E-state index contributed by atoms with van der Waals surface area (Å²) in [6, 6.07) is 0.0225. The van der Waals surface area contributed by atoms with Gasteiger partial charge in [0.05, 0.1) is 12.5 Å². The third kappa shape index (κ3) is 2.75. The third-order valence-electron chi connectivity index (χ3n) is 3.77. The summed E-state index contributed by atoms with van der Waals surface area (Å²) in [6.07, 6.45) is 0.870. The van der Waals surface area contributed by atoms with Gasteiger partial charge in [0.15, 0.2) is 0 Å². The van der Waals surface area contributed by atoms with Gasteiger partial charge in [0.1, 0.15) is 0 Å². The summed E-state index contributed by atoms with van der Waals surface area (Å²) >= 11 is 0. The molecule has 1 unspecified atom stereocenters. The van der Waals surface area contributed by atoms with Crippen molar-refractivity contribution in [1.82, 2.24) is 9.80 Å². The number of aliphatic carboxylic acids is 1. The molecular weight excluding hydrogens is 236 g/mol. The maximum absolute atomic E-state index is 12.1. The van der Waals surface area contributed by atoms with Gasteiger partial charge in [0, 0.05) is 38.7 Å². The molecule has 2 heterocycles. The molecule has 6 nitrogen and oxygen atoms in total. The van der Waals surface area contributed by atoms with Crippen LogP contribution in [-0.2, 0) is 9.53 Å². The summed E-state index contributed by atoms with van der Waals surface area (Å²) in [5.74, 6) is -1.06. The van der Waals surface area contributed by atoms with Crippen LogP contribution in [0.2, 0.25) is 0 Å². The highest BCUT2D eigenvalue weighted by Gasteiger charge is 2.38. The van der Waals surface area contributed by atoms with E-state index in [2.05, 4.69) is 0 Å². The largest absolute Gasteiger partial charge is 0.481 e. The van der Waals surface area contributed by atoms with Gasteiger partial charge < -0.3 is 19.6 Å². The summed E-state index contributed by atoms with van der Waals surface area (Å²) in [6.45, 7) is 5.49. The first kappa shape index (κ1) is 13.1. The molecule has 1 atom stereocenters. The molecule has 0 spiro atoms. The topological polar surface area (TPSA) is 70.1 Å². The molecule has 0 aliphatic carbocycles. The van der Waals surface area contributed by atoms with Crippen molar-refractivity contribution in [2.24, 2.45) is 11.8 Å². The molecule has 2 saturated heterocycles. The monoisotopic (exact) mass is 256 g/mol. The molecule has 0 aromatic carbocycles. The van der Waals surface area contributed by atoms with Gasteiger partial charge in [0.2, 0.25) is 0 Å². The summed E-state index contributed by atoms with van der Waals surface area (Å²) in [4.78, 5) is 26.5. The van der Waals surface area contributed by atoms with Crippen molar-refractivity contribution in [3.8, 4) is 0 Å². The lowest BCUT2D eigenvalue weighted by atomic mass is 9.87. The Bertz CT molecular complexity index is 320. The zero-order valence-electron chi connectivity index (χ0n) is 10.7. The van der Waals surface area contributed by atoms with Crippen LogP contribution in [0.1, 0.15) is 13.3 Å². The van der Waals surface area contributed by atoms with Gasteiger partial charge in [-0.15, -0.1) is 0 Å². The number of nitrogens with zero attached hydrogens (tertiary/aromatic N) is 2. The minimum absolute atomic E-state index is 0.0225. The van der Waals surface area contributed by atoms with Gasteiger partial charge in [-0.25, -0.2) is 4.79 Å². The highest BCUT2D eigenvalue weighted by Crippen LogP contribution is 2.25. The molecule has 6 heteroatoms. The molecular formula is C12H20N2O4. The molecule has 18 heavy (non-hydrogen) atoms. The number of hydrogen-bond acceptors (Lipinski definition) is 3. The summed E-state index contributed by atoms with van der Waals surface area (Å²) in [5, 5.41) is 8.90. The van der Waals surface area contributed by atoms with Gasteiger partial charge >= 0.3 is 12.0 Å². The maximum Gasteiger partial charge on any atom is 0.320 e. The smallest absolute Gasteiger partial charge is 0.320 e. The molecule has 0 saturated carbocycles. The Balaban J connectivity index is 1.80. The van der Waals surface area contributed by atoms with Crippen LogP contribution in [0.25, 0.3) is 0 Å². The average Bonchev–Trinajstić information content (AvgIpc) is 2.54. The second-order valence-electron chi connectivity index (χ2n) is 5.03. The Kier molecular flexibility index (Phi) is 4.06. The van der Waals surface area contributed by atoms with Crippen LogP contribution in [0, 0.1) is 11.8 Å². The fourth-order valence-corrected chi connectivity index (χ4v) is 2.32. The Labute approximate surface area is 106 Å². The van der Waals surface area contributed by atoms with E-state index in [4.69, 9.17) is 9.84 Å². The van der Waals surface area contributed by atoms with Crippen LogP contribution in [0.5, 0.6) is 0 Å². The summed E-state index contributed by atoms with van der Waals surface area (Å²) < 4.78 is 5.31. The standard InChI is InChI=1S/C12H20N2O4/c1-9(11(15)16)10-7-14(8-10)12(17)13-3-2-5-18-6-4-13/h9-10H,2-8H2,1H3,(H,15,16). The van der Waals surface area contributed by atoms with Gasteiger partial charge in [-0.3, -0.25) is 4.79 Å². The Hall–Kier alpha value is -1.30. The van der Waals surface area contributed by atoms with Crippen molar-refractivity contribution in [2.45, 2.75) is 13.3 Å². The molecule has 0 aromatic heterocycles. The predicted octanol–water partition coefficient (Wildman–Crippen LogP) is 0.481. The van der Waals surface area contributed by atoms with Crippen molar-refractivity contribution in [1.29, 1.82) is 0 Å². The van der Waals surface area contributed by atoms with Gasteiger partial charge in [-0.05, 0) is 6.42 Å². The summed E-state index contributed by atoms with van der Waals surface area (Å²) in [7, 11) is 0. The number of carbonyl (C=O) groups is 2. The number of rotatable bonds is 2. The Morgan fingerprint density at radius 3 is 2.61 bits per heavy atom.